The van der Waals surface area contributed by atoms with Crippen molar-refractivity contribution in [2.75, 3.05) is 6.54 Å². The third-order valence-electron chi connectivity index (χ3n) is 2.96. The Morgan fingerprint density at radius 2 is 1.76 bits per heavy atom. The average Bonchev–Trinajstić information content (AvgIpc) is 2.61. The molecule has 4 heteroatoms. The number of hydrogen-bond donors (Lipinski definition) is 0. The highest BCUT2D eigenvalue weighted by Crippen LogP contribution is 2.23. The van der Waals surface area contributed by atoms with Crippen molar-refractivity contribution in [1.29, 1.82) is 5.26 Å². The SMILES string of the molecule is CCC(C#N)CN1C(=O)c2ccccc2C1=O. The number of hydrogen-bond acceptors (Lipinski definition) is 3. The molecule has 17 heavy (non-hydrogen) atoms. The van der Waals surface area contributed by atoms with Crippen LogP contribution in [0, 0.1) is 17.2 Å². The lowest BCUT2D eigenvalue weighted by Gasteiger charge is -2.16. The van der Waals surface area contributed by atoms with Crippen molar-refractivity contribution >= 4 is 11.8 Å². The lowest BCUT2D eigenvalue weighted by Crippen LogP contribution is -2.34. The second kappa shape index (κ2) is 4.38. The zero-order valence-corrected chi connectivity index (χ0v) is 9.51. The summed E-state index contributed by atoms with van der Waals surface area (Å²) in [6, 6.07) is 8.85. The quantitative estimate of drug-likeness (QED) is 0.741. The van der Waals surface area contributed by atoms with Gasteiger partial charge in [0, 0.05) is 6.54 Å². The van der Waals surface area contributed by atoms with E-state index < -0.39 is 0 Å². The van der Waals surface area contributed by atoms with Gasteiger partial charge in [0.15, 0.2) is 0 Å². The molecule has 1 aromatic carbocycles. The summed E-state index contributed by atoms with van der Waals surface area (Å²) in [5.74, 6) is -0.879. The minimum absolute atomic E-state index is 0.180. The van der Waals surface area contributed by atoms with Crippen LogP contribution in [0.4, 0.5) is 0 Å². The van der Waals surface area contributed by atoms with E-state index >= 15 is 0 Å². The molecule has 4 nitrogen and oxygen atoms in total. The monoisotopic (exact) mass is 228 g/mol. The molecule has 0 bridgehead atoms. The van der Waals surface area contributed by atoms with E-state index in [0.29, 0.717) is 17.5 Å². The van der Waals surface area contributed by atoms with E-state index in [1.54, 1.807) is 24.3 Å². The second-order valence-electron chi connectivity index (χ2n) is 4.00. The van der Waals surface area contributed by atoms with E-state index in [0.717, 1.165) is 0 Å². The molecule has 1 heterocycles. The molecular weight excluding hydrogens is 216 g/mol. The minimum atomic E-state index is -0.294. The molecule has 0 aliphatic carbocycles. The van der Waals surface area contributed by atoms with Crippen molar-refractivity contribution in [3.63, 3.8) is 0 Å². The van der Waals surface area contributed by atoms with Gasteiger partial charge >= 0.3 is 0 Å². The summed E-state index contributed by atoms with van der Waals surface area (Å²) in [5.41, 5.74) is 0.871. The van der Waals surface area contributed by atoms with Gasteiger partial charge < -0.3 is 0 Å². The van der Waals surface area contributed by atoms with Gasteiger partial charge in [0.25, 0.3) is 11.8 Å². The highest BCUT2D eigenvalue weighted by atomic mass is 16.2. The maximum Gasteiger partial charge on any atom is 0.261 e. The molecular formula is C13H12N2O2. The van der Waals surface area contributed by atoms with Gasteiger partial charge in [-0.15, -0.1) is 0 Å². The molecule has 0 spiro atoms. The summed E-state index contributed by atoms with van der Waals surface area (Å²) in [5, 5.41) is 8.88. The van der Waals surface area contributed by atoms with Crippen molar-refractivity contribution < 1.29 is 9.59 Å². The van der Waals surface area contributed by atoms with E-state index in [4.69, 9.17) is 5.26 Å². The molecule has 0 saturated carbocycles. The van der Waals surface area contributed by atoms with Crippen molar-refractivity contribution in [1.82, 2.24) is 4.90 Å². The van der Waals surface area contributed by atoms with Gasteiger partial charge in [0.05, 0.1) is 23.1 Å². The fourth-order valence-corrected chi connectivity index (χ4v) is 1.89. The smallest absolute Gasteiger partial charge is 0.261 e. The Morgan fingerprint density at radius 1 is 1.24 bits per heavy atom. The number of carbonyl (C=O) groups excluding carboxylic acids is 2. The standard InChI is InChI=1S/C13H12N2O2/c1-2-9(7-14)8-15-12(16)10-5-3-4-6-11(10)13(15)17/h3-6,9H,2,8H2,1H3. The van der Waals surface area contributed by atoms with E-state index in [9.17, 15) is 9.59 Å². The Bertz CT molecular complexity index is 481. The van der Waals surface area contributed by atoms with Crippen molar-refractivity contribution in [3.8, 4) is 6.07 Å². The van der Waals surface area contributed by atoms with Crippen LogP contribution in [0.5, 0.6) is 0 Å². The molecule has 1 aliphatic heterocycles. The first-order chi connectivity index (χ1) is 8.19. The summed E-state index contributed by atoms with van der Waals surface area (Å²) in [6.07, 6.45) is 0.629. The summed E-state index contributed by atoms with van der Waals surface area (Å²) < 4.78 is 0. The third kappa shape index (κ3) is 1.80. The molecule has 1 aromatic rings. The number of carbonyl (C=O) groups is 2. The van der Waals surface area contributed by atoms with Crippen LogP contribution in [0.15, 0.2) is 24.3 Å². The maximum absolute atomic E-state index is 12.0. The molecule has 2 rings (SSSR count). The normalized spacial score (nSPS) is 15.6. The van der Waals surface area contributed by atoms with Gasteiger partial charge in [-0.2, -0.15) is 5.26 Å². The fraction of sp³-hybridized carbons (Fsp3) is 0.308. The predicted octanol–water partition coefficient (Wildman–Crippen LogP) is 1.83. The molecule has 0 fully saturated rings. The van der Waals surface area contributed by atoms with Crippen LogP contribution in [0.1, 0.15) is 34.1 Å². The fourth-order valence-electron chi connectivity index (χ4n) is 1.89. The number of nitriles is 1. The van der Waals surface area contributed by atoms with Crippen LogP contribution < -0.4 is 0 Å². The number of rotatable bonds is 3. The molecule has 1 unspecified atom stereocenters. The van der Waals surface area contributed by atoms with Gasteiger partial charge in [-0.25, -0.2) is 0 Å². The highest BCUT2D eigenvalue weighted by molar-refractivity contribution is 6.21. The van der Waals surface area contributed by atoms with Crippen LogP contribution in [0.3, 0.4) is 0 Å². The van der Waals surface area contributed by atoms with Crippen molar-refractivity contribution in [3.05, 3.63) is 35.4 Å². The molecule has 0 N–H and O–H groups in total. The van der Waals surface area contributed by atoms with Gasteiger partial charge in [-0.3, -0.25) is 14.5 Å². The molecule has 0 radical (unpaired) electrons. The van der Waals surface area contributed by atoms with Crippen LogP contribution in [0.2, 0.25) is 0 Å². The minimum Gasteiger partial charge on any atom is -0.273 e. The van der Waals surface area contributed by atoms with Crippen LogP contribution in [0.25, 0.3) is 0 Å². The largest absolute Gasteiger partial charge is 0.273 e. The first kappa shape index (κ1) is 11.3. The Kier molecular flexibility index (Phi) is 2.92. The Balaban J connectivity index is 2.28. The zero-order chi connectivity index (χ0) is 12.4. The van der Waals surface area contributed by atoms with Crippen molar-refractivity contribution in [2.24, 2.45) is 5.92 Å². The molecule has 1 aliphatic rings. The second-order valence-corrected chi connectivity index (χ2v) is 4.00. The molecule has 1 atom stereocenters. The first-order valence-electron chi connectivity index (χ1n) is 5.53. The Morgan fingerprint density at radius 3 is 2.18 bits per heavy atom. The summed E-state index contributed by atoms with van der Waals surface area (Å²) in [4.78, 5) is 25.1. The number of imide groups is 1. The number of benzene rings is 1. The number of nitrogens with zero attached hydrogens (tertiary/aromatic N) is 2. The summed E-state index contributed by atoms with van der Waals surface area (Å²) in [7, 11) is 0. The van der Waals surface area contributed by atoms with E-state index in [1.165, 1.54) is 4.90 Å². The van der Waals surface area contributed by atoms with Crippen molar-refractivity contribution in [2.45, 2.75) is 13.3 Å². The lowest BCUT2D eigenvalue weighted by atomic mass is 10.1. The highest BCUT2D eigenvalue weighted by Gasteiger charge is 2.35. The molecule has 2 amide bonds. The Hall–Kier alpha value is -2.15. The summed E-state index contributed by atoms with van der Waals surface area (Å²) in [6.45, 7) is 2.05. The third-order valence-corrected chi connectivity index (χ3v) is 2.96. The molecule has 0 saturated heterocycles. The number of fused-ring (bicyclic) bond motifs is 1. The molecule has 0 aromatic heterocycles. The van der Waals surface area contributed by atoms with Gasteiger partial charge in [-0.05, 0) is 18.6 Å². The lowest BCUT2D eigenvalue weighted by molar-refractivity contribution is 0.0639. The topological polar surface area (TPSA) is 61.2 Å². The van der Waals surface area contributed by atoms with E-state index in [2.05, 4.69) is 6.07 Å². The van der Waals surface area contributed by atoms with Crippen LogP contribution >= 0.6 is 0 Å². The van der Waals surface area contributed by atoms with E-state index in [1.807, 2.05) is 6.92 Å². The van der Waals surface area contributed by atoms with Gasteiger partial charge in [0.2, 0.25) is 0 Å². The number of amides is 2. The maximum atomic E-state index is 12.0. The first-order valence-corrected chi connectivity index (χ1v) is 5.53. The zero-order valence-electron chi connectivity index (χ0n) is 9.51. The predicted molar refractivity (Wildman–Crippen MR) is 61.2 cm³/mol. The Labute approximate surface area is 99.5 Å². The van der Waals surface area contributed by atoms with E-state index in [-0.39, 0.29) is 24.3 Å². The van der Waals surface area contributed by atoms with Crippen LogP contribution in [-0.2, 0) is 0 Å². The van der Waals surface area contributed by atoms with Gasteiger partial charge in [-0.1, -0.05) is 19.1 Å². The van der Waals surface area contributed by atoms with Gasteiger partial charge in [0.1, 0.15) is 0 Å². The van der Waals surface area contributed by atoms with Crippen LogP contribution in [-0.4, -0.2) is 23.3 Å². The summed E-state index contributed by atoms with van der Waals surface area (Å²) >= 11 is 0. The molecule has 86 valence electrons. The average molecular weight is 228 g/mol.